The summed E-state index contributed by atoms with van der Waals surface area (Å²) in [6.07, 6.45) is 5.62. The molecule has 1 aliphatic heterocycles. The van der Waals surface area contributed by atoms with Crippen molar-refractivity contribution < 1.29 is 14.3 Å². The number of hydrogen-bond acceptors (Lipinski definition) is 7. The van der Waals surface area contributed by atoms with Gasteiger partial charge in [-0.2, -0.15) is 4.98 Å². The number of furan rings is 1. The molecule has 0 amide bonds. The van der Waals surface area contributed by atoms with Crippen molar-refractivity contribution >= 4 is 32.7 Å². The molecule has 1 N–H and O–H groups in total. The highest BCUT2D eigenvalue weighted by atomic mass is 32.1. The van der Waals surface area contributed by atoms with Crippen molar-refractivity contribution in [1.82, 2.24) is 14.9 Å². The van der Waals surface area contributed by atoms with E-state index in [9.17, 15) is 5.11 Å². The van der Waals surface area contributed by atoms with E-state index in [0.29, 0.717) is 22.5 Å². The van der Waals surface area contributed by atoms with Gasteiger partial charge in [0.05, 0.1) is 16.6 Å². The van der Waals surface area contributed by atoms with Gasteiger partial charge in [-0.05, 0) is 70.0 Å². The van der Waals surface area contributed by atoms with Gasteiger partial charge in [-0.15, -0.1) is 0 Å². The van der Waals surface area contributed by atoms with Gasteiger partial charge in [0.25, 0.3) is 5.19 Å². The number of rotatable bonds is 5. The lowest BCUT2D eigenvalue weighted by molar-refractivity contribution is -0.0136. The van der Waals surface area contributed by atoms with Crippen LogP contribution in [0.1, 0.15) is 32.3 Å². The highest BCUT2D eigenvalue weighted by Crippen LogP contribution is 2.34. The third kappa shape index (κ3) is 3.93. The highest BCUT2D eigenvalue weighted by Gasteiger charge is 2.30. The average Bonchev–Trinajstić information content (AvgIpc) is 3.31. The Labute approximate surface area is 179 Å². The summed E-state index contributed by atoms with van der Waals surface area (Å²) < 4.78 is 12.8. The van der Waals surface area contributed by atoms with Gasteiger partial charge < -0.3 is 14.3 Å². The Morgan fingerprint density at radius 3 is 2.87 bits per heavy atom. The molecule has 0 aliphatic carbocycles. The predicted octanol–water partition coefficient (Wildman–Crippen LogP) is 5.21. The molecule has 6 nitrogen and oxygen atoms in total. The van der Waals surface area contributed by atoms with E-state index >= 15 is 0 Å². The van der Waals surface area contributed by atoms with Gasteiger partial charge in [0.15, 0.2) is 5.65 Å². The average molecular weight is 424 g/mol. The molecule has 0 radical (unpaired) electrons. The van der Waals surface area contributed by atoms with Crippen molar-refractivity contribution in [1.29, 1.82) is 0 Å². The molecule has 5 rings (SSSR count). The van der Waals surface area contributed by atoms with Crippen LogP contribution in [0.25, 0.3) is 21.3 Å². The number of ether oxygens (including phenoxy) is 1. The van der Waals surface area contributed by atoms with Crippen LogP contribution < -0.4 is 4.74 Å². The Hall–Kier alpha value is -2.48. The molecule has 4 aromatic rings. The monoisotopic (exact) mass is 423 g/mol. The fourth-order valence-electron chi connectivity index (χ4n) is 4.18. The van der Waals surface area contributed by atoms with Crippen LogP contribution in [0.4, 0.5) is 0 Å². The quantitative estimate of drug-likeness (QED) is 0.475. The van der Waals surface area contributed by atoms with Gasteiger partial charge in [0, 0.05) is 29.8 Å². The van der Waals surface area contributed by atoms with Crippen molar-refractivity contribution in [3.8, 4) is 10.9 Å². The van der Waals surface area contributed by atoms with Crippen molar-refractivity contribution in [2.24, 2.45) is 5.92 Å². The Bertz CT molecular complexity index is 1140. The summed E-state index contributed by atoms with van der Waals surface area (Å²) >= 11 is 1.48. The maximum Gasteiger partial charge on any atom is 0.281 e. The normalized spacial score (nSPS) is 16.5. The Kier molecular flexibility index (Phi) is 4.97. The summed E-state index contributed by atoms with van der Waals surface area (Å²) in [4.78, 5) is 11.1. The molecular formula is C23H25N3O3S. The summed E-state index contributed by atoms with van der Waals surface area (Å²) in [5.74, 6) is 1.07. The maximum atomic E-state index is 10.2. The Morgan fingerprint density at radius 2 is 2.10 bits per heavy atom. The first-order chi connectivity index (χ1) is 14.5. The zero-order valence-electron chi connectivity index (χ0n) is 17.2. The van der Waals surface area contributed by atoms with Crippen LogP contribution in [-0.4, -0.2) is 38.7 Å². The van der Waals surface area contributed by atoms with Crippen molar-refractivity contribution in [3.05, 3.63) is 48.4 Å². The molecule has 0 atom stereocenters. The molecule has 30 heavy (non-hydrogen) atoms. The molecule has 1 aliphatic rings. The molecule has 0 bridgehead atoms. The number of fused-ring (bicyclic) bond motifs is 2. The molecule has 1 fully saturated rings. The van der Waals surface area contributed by atoms with Crippen LogP contribution in [0.5, 0.6) is 10.9 Å². The van der Waals surface area contributed by atoms with Crippen LogP contribution in [0.15, 0.2) is 47.2 Å². The van der Waals surface area contributed by atoms with Gasteiger partial charge in [-0.25, -0.2) is 4.98 Å². The second-order valence-electron chi connectivity index (χ2n) is 8.53. The molecule has 0 spiro atoms. The van der Waals surface area contributed by atoms with E-state index in [1.54, 1.807) is 6.20 Å². The van der Waals surface area contributed by atoms with Crippen LogP contribution >= 0.6 is 11.3 Å². The molecule has 156 valence electrons. The predicted molar refractivity (Wildman–Crippen MR) is 118 cm³/mol. The summed E-state index contributed by atoms with van der Waals surface area (Å²) in [5, 5.41) is 11.9. The summed E-state index contributed by atoms with van der Waals surface area (Å²) in [7, 11) is 0. The lowest BCUT2D eigenvalue weighted by atomic mass is 9.83. The molecule has 1 aromatic carbocycles. The van der Waals surface area contributed by atoms with Crippen molar-refractivity contribution in [2.75, 3.05) is 13.1 Å². The minimum atomic E-state index is -0.593. The van der Waals surface area contributed by atoms with E-state index in [0.717, 1.165) is 48.1 Å². The third-order valence-corrected chi connectivity index (χ3v) is 6.85. The third-order valence-electron chi connectivity index (χ3n) is 5.96. The summed E-state index contributed by atoms with van der Waals surface area (Å²) in [6, 6.07) is 9.81. The minimum Gasteiger partial charge on any atom is -0.464 e. The second-order valence-corrected chi connectivity index (χ2v) is 9.52. The van der Waals surface area contributed by atoms with E-state index in [1.807, 2.05) is 44.4 Å². The Balaban J connectivity index is 1.28. The van der Waals surface area contributed by atoms with Crippen molar-refractivity contribution in [3.63, 3.8) is 0 Å². The standard InChI is InChI=1S/C23H25N3O3S/c1-23(2,27)16-7-10-26(11-8-16)13-15-14-28-19-12-17(5-6-18(15)19)29-22-25-21-20(30-22)4-3-9-24-21/h3-6,9,12,14,16,27H,7-8,10-11,13H2,1-2H3. The highest BCUT2D eigenvalue weighted by molar-refractivity contribution is 7.20. The zero-order valence-corrected chi connectivity index (χ0v) is 18.0. The van der Waals surface area contributed by atoms with Crippen LogP contribution in [0.2, 0.25) is 0 Å². The molecule has 0 unspecified atom stereocenters. The van der Waals surface area contributed by atoms with E-state index in [4.69, 9.17) is 9.15 Å². The SMILES string of the molecule is CC(C)(O)C1CCN(Cc2coc3cc(Oc4nc5ncccc5s4)ccc23)CC1. The molecular weight excluding hydrogens is 398 g/mol. The number of aromatic nitrogens is 2. The van der Waals surface area contributed by atoms with Gasteiger partial charge in [0.1, 0.15) is 11.3 Å². The van der Waals surface area contributed by atoms with Gasteiger partial charge in [0.2, 0.25) is 0 Å². The van der Waals surface area contributed by atoms with Gasteiger partial charge in [-0.1, -0.05) is 11.3 Å². The van der Waals surface area contributed by atoms with E-state index in [2.05, 4.69) is 20.9 Å². The van der Waals surface area contributed by atoms with Crippen LogP contribution in [-0.2, 0) is 6.54 Å². The number of likely N-dealkylation sites (tertiary alicyclic amines) is 1. The maximum absolute atomic E-state index is 10.2. The molecule has 7 heteroatoms. The lowest BCUT2D eigenvalue weighted by Crippen LogP contribution is -2.41. The molecule has 4 heterocycles. The fraction of sp³-hybridized carbons (Fsp3) is 0.391. The first kappa shape index (κ1) is 19.5. The molecule has 0 saturated carbocycles. The number of thiazole rings is 1. The summed E-state index contributed by atoms with van der Waals surface area (Å²) in [6.45, 7) is 6.68. The van der Waals surface area contributed by atoms with Crippen LogP contribution in [0, 0.1) is 5.92 Å². The molecule has 1 saturated heterocycles. The number of piperidine rings is 1. The van der Waals surface area contributed by atoms with E-state index in [1.165, 1.54) is 16.9 Å². The van der Waals surface area contributed by atoms with Crippen LogP contribution in [0.3, 0.4) is 0 Å². The Morgan fingerprint density at radius 1 is 1.27 bits per heavy atom. The lowest BCUT2D eigenvalue weighted by Gasteiger charge is -2.37. The molecule has 3 aromatic heterocycles. The van der Waals surface area contributed by atoms with Gasteiger partial charge >= 0.3 is 0 Å². The topological polar surface area (TPSA) is 71.6 Å². The smallest absolute Gasteiger partial charge is 0.281 e. The van der Waals surface area contributed by atoms with Gasteiger partial charge in [-0.3, -0.25) is 4.90 Å². The summed E-state index contributed by atoms with van der Waals surface area (Å²) in [5.41, 5.74) is 2.10. The number of benzene rings is 1. The number of nitrogens with zero attached hydrogens (tertiary/aromatic N) is 3. The number of aliphatic hydroxyl groups is 1. The second kappa shape index (κ2) is 7.65. The minimum absolute atomic E-state index is 0.368. The first-order valence-electron chi connectivity index (χ1n) is 10.3. The first-order valence-corrected chi connectivity index (χ1v) is 11.1. The van der Waals surface area contributed by atoms with E-state index < -0.39 is 5.60 Å². The van der Waals surface area contributed by atoms with E-state index in [-0.39, 0.29) is 0 Å². The zero-order chi connectivity index (χ0) is 20.7. The number of pyridine rings is 1. The number of hydrogen-bond donors (Lipinski definition) is 1. The van der Waals surface area contributed by atoms with Crippen molar-refractivity contribution in [2.45, 2.75) is 38.8 Å². The largest absolute Gasteiger partial charge is 0.464 e. The fourth-order valence-corrected chi connectivity index (χ4v) is 4.98.